The minimum Gasteiger partial charge on any atom is -0.326 e. The standard InChI is InChI=1S/C19H13ClF3NOS/c20-14-6-4-12(5-7-14)17-9-8-16(26-17)11-18(25)24-15-3-1-2-13(10-15)19(21,22)23/h1-10H,11H2,(H,24,25). The highest BCUT2D eigenvalue weighted by Gasteiger charge is 2.30. The smallest absolute Gasteiger partial charge is 0.326 e. The number of halogens is 4. The van der Waals surface area contributed by atoms with Crippen LogP contribution in [0.1, 0.15) is 10.4 Å². The third-order valence-electron chi connectivity index (χ3n) is 3.60. The first-order valence-electron chi connectivity index (χ1n) is 7.63. The number of carbonyl (C=O) groups excluding carboxylic acids is 1. The van der Waals surface area contributed by atoms with Crippen molar-refractivity contribution in [3.05, 3.63) is 76.1 Å². The molecule has 0 aliphatic heterocycles. The molecule has 0 atom stereocenters. The predicted octanol–water partition coefficient (Wildman–Crippen LogP) is 6.27. The molecule has 0 spiro atoms. The number of thiophene rings is 1. The van der Waals surface area contributed by atoms with Crippen molar-refractivity contribution >= 4 is 34.5 Å². The van der Waals surface area contributed by atoms with Crippen molar-refractivity contribution in [2.75, 3.05) is 5.32 Å². The molecule has 1 heterocycles. The number of carbonyl (C=O) groups is 1. The predicted molar refractivity (Wildman–Crippen MR) is 98.5 cm³/mol. The molecule has 3 rings (SSSR count). The Hall–Kier alpha value is -2.31. The average Bonchev–Trinajstić information content (AvgIpc) is 3.03. The molecule has 1 amide bonds. The van der Waals surface area contributed by atoms with Gasteiger partial charge in [-0.3, -0.25) is 4.79 Å². The van der Waals surface area contributed by atoms with E-state index in [1.54, 1.807) is 12.1 Å². The summed E-state index contributed by atoms with van der Waals surface area (Å²) in [5, 5.41) is 3.15. The number of hydrogen-bond acceptors (Lipinski definition) is 2. The van der Waals surface area contributed by atoms with E-state index in [4.69, 9.17) is 11.6 Å². The molecule has 26 heavy (non-hydrogen) atoms. The Morgan fingerprint density at radius 3 is 2.46 bits per heavy atom. The van der Waals surface area contributed by atoms with Crippen LogP contribution in [0.4, 0.5) is 18.9 Å². The number of amides is 1. The average molecular weight is 396 g/mol. The Balaban J connectivity index is 1.67. The molecule has 0 saturated carbocycles. The van der Waals surface area contributed by atoms with Crippen molar-refractivity contribution in [1.82, 2.24) is 0 Å². The zero-order valence-corrected chi connectivity index (χ0v) is 14.9. The fourth-order valence-electron chi connectivity index (χ4n) is 2.38. The lowest BCUT2D eigenvalue weighted by atomic mass is 10.2. The van der Waals surface area contributed by atoms with E-state index in [-0.39, 0.29) is 18.0 Å². The zero-order valence-electron chi connectivity index (χ0n) is 13.3. The van der Waals surface area contributed by atoms with Crippen molar-refractivity contribution in [2.24, 2.45) is 0 Å². The van der Waals surface area contributed by atoms with Gasteiger partial charge in [-0.05, 0) is 48.0 Å². The largest absolute Gasteiger partial charge is 0.416 e. The maximum Gasteiger partial charge on any atom is 0.416 e. The molecular weight excluding hydrogens is 383 g/mol. The van der Waals surface area contributed by atoms with Gasteiger partial charge < -0.3 is 5.32 Å². The van der Waals surface area contributed by atoms with Crippen LogP contribution in [0.15, 0.2) is 60.7 Å². The van der Waals surface area contributed by atoms with Crippen LogP contribution in [-0.4, -0.2) is 5.91 Å². The van der Waals surface area contributed by atoms with E-state index in [9.17, 15) is 18.0 Å². The van der Waals surface area contributed by atoms with Crippen LogP contribution in [0.25, 0.3) is 10.4 Å². The van der Waals surface area contributed by atoms with Gasteiger partial charge in [-0.15, -0.1) is 11.3 Å². The second-order valence-corrected chi connectivity index (χ2v) is 7.18. The van der Waals surface area contributed by atoms with Crippen LogP contribution in [0.3, 0.4) is 0 Å². The van der Waals surface area contributed by atoms with Gasteiger partial charge in [-0.25, -0.2) is 0 Å². The van der Waals surface area contributed by atoms with Crippen LogP contribution in [0.2, 0.25) is 5.02 Å². The lowest BCUT2D eigenvalue weighted by Gasteiger charge is -2.09. The quantitative estimate of drug-likeness (QED) is 0.554. The molecule has 3 aromatic rings. The van der Waals surface area contributed by atoms with E-state index in [1.165, 1.54) is 23.5 Å². The van der Waals surface area contributed by atoms with Crippen molar-refractivity contribution in [3.63, 3.8) is 0 Å². The Bertz CT molecular complexity index is 919. The van der Waals surface area contributed by atoms with Gasteiger partial charge in [-0.1, -0.05) is 29.8 Å². The summed E-state index contributed by atoms with van der Waals surface area (Å²) in [5.41, 5.74) is 0.319. The molecule has 134 valence electrons. The van der Waals surface area contributed by atoms with Gasteiger partial charge in [0.05, 0.1) is 12.0 Å². The molecule has 0 unspecified atom stereocenters. The lowest BCUT2D eigenvalue weighted by Crippen LogP contribution is -2.14. The normalized spacial score (nSPS) is 11.4. The third-order valence-corrected chi connectivity index (χ3v) is 4.99. The molecule has 2 aromatic carbocycles. The highest BCUT2D eigenvalue weighted by molar-refractivity contribution is 7.15. The van der Waals surface area contributed by atoms with Crippen LogP contribution in [0, 0.1) is 0 Å². The van der Waals surface area contributed by atoms with Crippen LogP contribution < -0.4 is 5.32 Å². The first-order valence-corrected chi connectivity index (χ1v) is 8.82. The fourth-order valence-corrected chi connectivity index (χ4v) is 3.52. The maximum absolute atomic E-state index is 12.7. The first kappa shape index (κ1) is 18.5. The van der Waals surface area contributed by atoms with E-state index in [1.807, 2.05) is 24.3 Å². The molecule has 2 nitrogen and oxygen atoms in total. The third kappa shape index (κ3) is 4.65. The van der Waals surface area contributed by atoms with Gasteiger partial charge >= 0.3 is 6.18 Å². The van der Waals surface area contributed by atoms with E-state index < -0.39 is 11.7 Å². The highest BCUT2D eigenvalue weighted by Crippen LogP contribution is 2.31. The first-order chi connectivity index (χ1) is 12.3. The van der Waals surface area contributed by atoms with E-state index in [2.05, 4.69) is 5.32 Å². The summed E-state index contributed by atoms with van der Waals surface area (Å²) in [6.45, 7) is 0. The van der Waals surface area contributed by atoms with Crippen molar-refractivity contribution in [1.29, 1.82) is 0 Å². The molecular formula is C19H13ClF3NOS. The van der Waals surface area contributed by atoms with Gasteiger partial charge in [0.15, 0.2) is 0 Å². The summed E-state index contributed by atoms with van der Waals surface area (Å²) in [5.74, 6) is -0.367. The summed E-state index contributed by atoms with van der Waals surface area (Å²) >= 11 is 7.32. The Morgan fingerprint density at radius 1 is 1.04 bits per heavy atom. The molecule has 0 fully saturated rings. The summed E-state index contributed by atoms with van der Waals surface area (Å²) in [7, 11) is 0. The van der Waals surface area contributed by atoms with Gasteiger partial charge in [0.2, 0.25) is 5.91 Å². The minimum atomic E-state index is -4.44. The number of rotatable bonds is 4. The zero-order chi connectivity index (χ0) is 18.7. The number of nitrogens with one attached hydrogen (secondary N) is 1. The SMILES string of the molecule is O=C(Cc1ccc(-c2ccc(Cl)cc2)s1)Nc1cccc(C(F)(F)F)c1. The topological polar surface area (TPSA) is 29.1 Å². The Morgan fingerprint density at radius 2 is 1.77 bits per heavy atom. The fraction of sp³-hybridized carbons (Fsp3) is 0.105. The molecule has 0 aliphatic rings. The number of hydrogen-bond donors (Lipinski definition) is 1. The van der Waals surface area contributed by atoms with E-state index in [0.29, 0.717) is 5.02 Å². The van der Waals surface area contributed by atoms with E-state index in [0.717, 1.165) is 27.5 Å². The van der Waals surface area contributed by atoms with Gasteiger partial charge in [0.25, 0.3) is 0 Å². The highest BCUT2D eigenvalue weighted by atomic mass is 35.5. The molecule has 7 heteroatoms. The Labute approximate surface area is 157 Å². The molecule has 0 radical (unpaired) electrons. The molecule has 0 aliphatic carbocycles. The number of anilines is 1. The number of alkyl halides is 3. The monoisotopic (exact) mass is 395 g/mol. The Kier molecular flexibility index (Phi) is 5.34. The molecule has 1 aromatic heterocycles. The summed E-state index contributed by atoms with van der Waals surface area (Å²) in [6, 6.07) is 15.7. The van der Waals surface area contributed by atoms with Crippen LogP contribution >= 0.6 is 22.9 Å². The van der Waals surface area contributed by atoms with Crippen molar-refractivity contribution in [2.45, 2.75) is 12.6 Å². The molecule has 0 bridgehead atoms. The van der Waals surface area contributed by atoms with Crippen LogP contribution in [-0.2, 0) is 17.4 Å². The van der Waals surface area contributed by atoms with Gasteiger partial charge in [0.1, 0.15) is 0 Å². The van der Waals surface area contributed by atoms with Gasteiger partial charge in [-0.2, -0.15) is 13.2 Å². The maximum atomic E-state index is 12.7. The molecule has 1 N–H and O–H groups in total. The second-order valence-electron chi connectivity index (χ2n) is 5.58. The van der Waals surface area contributed by atoms with Crippen molar-refractivity contribution < 1.29 is 18.0 Å². The van der Waals surface area contributed by atoms with Crippen molar-refractivity contribution in [3.8, 4) is 10.4 Å². The van der Waals surface area contributed by atoms with E-state index >= 15 is 0 Å². The summed E-state index contributed by atoms with van der Waals surface area (Å²) < 4.78 is 38.2. The number of benzene rings is 2. The molecule has 0 saturated heterocycles. The summed E-state index contributed by atoms with van der Waals surface area (Å²) in [4.78, 5) is 13.9. The summed E-state index contributed by atoms with van der Waals surface area (Å²) in [6.07, 6.45) is -4.35. The minimum absolute atomic E-state index is 0.0918. The lowest BCUT2D eigenvalue weighted by molar-refractivity contribution is -0.137. The van der Waals surface area contributed by atoms with Gasteiger partial charge in [0, 0.05) is 20.5 Å². The van der Waals surface area contributed by atoms with Crippen LogP contribution in [0.5, 0.6) is 0 Å². The second kappa shape index (κ2) is 7.51.